The number of nitrogens with zero attached hydrogens (tertiary/aromatic N) is 1. The van der Waals surface area contributed by atoms with Gasteiger partial charge in [-0.3, -0.25) is 14.9 Å². The maximum atomic E-state index is 13.1. The van der Waals surface area contributed by atoms with Crippen molar-refractivity contribution in [2.75, 3.05) is 11.9 Å². The first-order chi connectivity index (χ1) is 8.67. The van der Waals surface area contributed by atoms with Crippen molar-refractivity contribution in [3.63, 3.8) is 0 Å². The normalized spacial score (nSPS) is 11.2. The fraction of sp³-hybridized carbons (Fsp3) is 0.417. The molecule has 7 heteroatoms. The van der Waals surface area contributed by atoms with E-state index in [-0.39, 0.29) is 12.3 Å². The van der Waals surface area contributed by atoms with Crippen molar-refractivity contribution in [3.05, 3.63) is 34.1 Å². The lowest BCUT2D eigenvalue weighted by atomic mass is 10.2. The number of nitro benzene ring substituents is 1. The van der Waals surface area contributed by atoms with E-state index in [0.717, 1.165) is 18.2 Å². The van der Waals surface area contributed by atoms with Crippen LogP contribution in [0.1, 0.15) is 20.8 Å². The average Bonchev–Trinajstić information content (AvgIpc) is 2.24. The van der Waals surface area contributed by atoms with Crippen molar-refractivity contribution in [1.82, 2.24) is 0 Å². The average molecular weight is 270 g/mol. The molecule has 1 aromatic carbocycles. The minimum Gasteiger partial charge on any atom is -0.366 e. The number of halogens is 1. The summed E-state index contributed by atoms with van der Waals surface area (Å²) in [5.74, 6) is -1.30. The molecule has 0 aliphatic heterocycles. The van der Waals surface area contributed by atoms with Crippen molar-refractivity contribution in [2.45, 2.75) is 26.4 Å². The smallest absolute Gasteiger partial charge is 0.274 e. The molecular formula is C12H15FN2O4. The number of nitrogens with one attached hydrogen (secondary N) is 1. The Morgan fingerprint density at radius 3 is 2.58 bits per heavy atom. The van der Waals surface area contributed by atoms with Crippen LogP contribution in [0.4, 0.5) is 15.8 Å². The van der Waals surface area contributed by atoms with Gasteiger partial charge < -0.3 is 10.1 Å². The summed E-state index contributed by atoms with van der Waals surface area (Å²) >= 11 is 0. The highest BCUT2D eigenvalue weighted by molar-refractivity contribution is 5.92. The number of nitro groups is 1. The number of benzene rings is 1. The van der Waals surface area contributed by atoms with Crippen molar-refractivity contribution in [3.8, 4) is 0 Å². The Balaban J connectivity index is 2.71. The van der Waals surface area contributed by atoms with E-state index < -0.39 is 27.9 Å². The second-order valence-corrected chi connectivity index (χ2v) is 4.90. The lowest BCUT2D eigenvalue weighted by molar-refractivity contribution is -0.385. The van der Waals surface area contributed by atoms with Crippen molar-refractivity contribution >= 4 is 17.3 Å². The molecule has 0 unspecified atom stereocenters. The first-order valence-corrected chi connectivity index (χ1v) is 5.56. The van der Waals surface area contributed by atoms with Crippen LogP contribution < -0.4 is 5.32 Å². The molecule has 1 N–H and O–H groups in total. The summed E-state index contributed by atoms with van der Waals surface area (Å²) < 4.78 is 18.4. The molecule has 0 radical (unpaired) electrons. The molecule has 1 amide bonds. The van der Waals surface area contributed by atoms with E-state index >= 15 is 0 Å². The molecule has 0 saturated carbocycles. The number of hydrogen-bond donors (Lipinski definition) is 1. The Hall–Kier alpha value is -2.02. The maximum absolute atomic E-state index is 13.1. The van der Waals surface area contributed by atoms with Gasteiger partial charge in [0.2, 0.25) is 5.91 Å². The van der Waals surface area contributed by atoms with E-state index in [2.05, 4.69) is 5.32 Å². The van der Waals surface area contributed by atoms with Crippen molar-refractivity contribution in [1.29, 1.82) is 0 Å². The van der Waals surface area contributed by atoms with Crippen LogP contribution in [0.5, 0.6) is 0 Å². The van der Waals surface area contributed by atoms with Crippen LogP contribution in [0.3, 0.4) is 0 Å². The SMILES string of the molecule is CC(C)(C)OCC(=O)Nc1cc(F)cc([N+](=O)[O-])c1. The summed E-state index contributed by atoms with van der Waals surface area (Å²) in [7, 11) is 0. The molecule has 0 fully saturated rings. The highest BCUT2D eigenvalue weighted by atomic mass is 19.1. The summed E-state index contributed by atoms with van der Waals surface area (Å²) in [6.45, 7) is 5.14. The first kappa shape index (κ1) is 15.0. The molecular weight excluding hydrogens is 255 g/mol. The molecule has 104 valence electrons. The van der Waals surface area contributed by atoms with Crippen LogP contribution in [0.15, 0.2) is 18.2 Å². The van der Waals surface area contributed by atoms with Gasteiger partial charge in [0.05, 0.1) is 22.3 Å². The molecule has 0 saturated heterocycles. The number of anilines is 1. The zero-order chi connectivity index (χ0) is 14.6. The third kappa shape index (κ3) is 5.43. The van der Waals surface area contributed by atoms with Gasteiger partial charge in [0.25, 0.3) is 5.69 Å². The van der Waals surface area contributed by atoms with Crippen molar-refractivity contribution < 1.29 is 18.8 Å². The fourth-order valence-electron chi connectivity index (χ4n) is 1.23. The molecule has 1 rings (SSSR count). The zero-order valence-corrected chi connectivity index (χ0v) is 10.9. The molecule has 0 aliphatic carbocycles. The monoisotopic (exact) mass is 270 g/mol. The van der Waals surface area contributed by atoms with Crippen LogP contribution in [-0.4, -0.2) is 23.0 Å². The second kappa shape index (κ2) is 5.75. The minimum atomic E-state index is -0.791. The highest BCUT2D eigenvalue weighted by Gasteiger charge is 2.15. The largest absolute Gasteiger partial charge is 0.366 e. The van der Waals surface area contributed by atoms with Gasteiger partial charge in [-0.05, 0) is 26.8 Å². The number of non-ortho nitro benzene ring substituents is 1. The third-order valence-electron chi connectivity index (χ3n) is 2.01. The molecule has 6 nitrogen and oxygen atoms in total. The molecule has 0 aliphatic rings. The van der Waals surface area contributed by atoms with Gasteiger partial charge in [-0.25, -0.2) is 4.39 Å². The molecule has 0 spiro atoms. The maximum Gasteiger partial charge on any atom is 0.274 e. The van der Waals surface area contributed by atoms with Gasteiger partial charge in [-0.1, -0.05) is 0 Å². The van der Waals surface area contributed by atoms with Gasteiger partial charge in [0, 0.05) is 6.07 Å². The van der Waals surface area contributed by atoms with Gasteiger partial charge in [0.1, 0.15) is 12.4 Å². The molecule has 19 heavy (non-hydrogen) atoms. The predicted molar refractivity (Wildman–Crippen MR) is 67.4 cm³/mol. The zero-order valence-electron chi connectivity index (χ0n) is 10.9. The van der Waals surface area contributed by atoms with E-state index in [1.54, 1.807) is 20.8 Å². The molecule has 1 aromatic rings. The number of carbonyl (C=O) groups excluding carboxylic acids is 1. The quantitative estimate of drug-likeness (QED) is 0.673. The topological polar surface area (TPSA) is 81.5 Å². The predicted octanol–water partition coefficient (Wildman–Crippen LogP) is 2.49. The number of ether oxygens (including phenoxy) is 1. The van der Waals surface area contributed by atoms with Gasteiger partial charge in [0.15, 0.2) is 0 Å². The molecule has 0 aromatic heterocycles. The summed E-state index contributed by atoms with van der Waals surface area (Å²) in [5, 5.41) is 12.9. The van der Waals surface area contributed by atoms with E-state index in [9.17, 15) is 19.3 Å². The summed E-state index contributed by atoms with van der Waals surface area (Å²) in [6.07, 6.45) is 0. The van der Waals surface area contributed by atoms with E-state index in [1.807, 2.05) is 0 Å². The van der Waals surface area contributed by atoms with E-state index in [0.29, 0.717) is 0 Å². The summed E-state index contributed by atoms with van der Waals surface area (Å²) in [4.78, 5) is 21.3. The minimum absolute atomic E-state index is 0.0224. The second-order valence-electron chi connectivity index (χ2n) is 4.90. The van der Waals surface area contributed by atoms with E-state index in [1.165, 1.54) is 0 Å². The summed E-state index contributed by atoms with van der Waals surface area (Å²) in [6, 6.07) is 2.86. The van der Waals surface area contributed by atoms with Gasteiger partial charge >= 0.3 is 0 Å². The van der Waals surface area contributed by atoms with Gasteiger partial charge in [-0.15, -0.1) is 0 Å². The lowest BCUT2D eigenvalue weighted by Gasteiger charge is -2.18. The Labute approximate surface area is 109 Å². The third-order valence-corrected chi connectivity index (χ3v) is 2.01. The molecule has 0 heterocycles. The fourth-order valence-corrected chi connectivity index (χ4v) is 1.23. The Morgan fingerprint density at radius 2 is 2.05 bits per heavy atom. The van der Waals surface area contributed by atoms with Crippen molar-refractivity contribution in [2.24, 2.45) is 0 Å². The Bertz CT molecular complexity index is 497. The standard InChI is InChI=1S/C12H15FN2O4/c1-12(2,3)19-7-11(16)14-9-4-8(13)5-10(6-9)15(17)18/h4-6H,7H2,1-3H3,(H,14,16). The summed E-state index contributed by atoms with van der Waals surface area (Å²) in [5.41, 5.74) is -0.882. The van der Waals surface area contributed by atoms with Crippen LogP contribution in [-0.2, 0) is 9.53 Å². The van der Waals surface area contributed by atoms with Crippen LogP contribution in [0.25, 0.3) is 0 Å². The number of carbonyl (C=O) groups is 1. The molecule has 0 atom stereocenters. The number of hydrogen-bond acceptors (Lipinski definition) is 4. The first-order valence-electron chi connectivity index (χ1n) is 5.56. The highest BCUT2D eigenvalue weighted by Crippen LogP contribution is 2.20. The molecule has 0 bridgehead atoms. The van der Waals surface area contributed by atoms with Gasteiger partial charge in [-0.2, -0.15) is 0 Å². The van der Waals surface area contributed by atoms with Crippen LogP contribution in [0.2, 0.25) is 0 Å². The number of rotatable bonds is 4. The van der Waals surface area contributed by atoms with E-state index in [4.69, 9.17) is 4.74 Å². The Morgan fingerprint density at radius 1 is 1.42 bits per heavy atom. The number of amides is 1. The van der Waals surface area contributed by atoms with Crippen LogP contribution in [0, 0.1) is 15.9 Å². The van der Waals surface area contributed by atoms with Crippen LogP contribution >= 0.6 is 0 Å². The lowest BCUT2D eigenvalue weighted by Crippen LogP contribution is -2.27. The Kier molecular flexibility index (Phi) is 4.55.